The topological polar surface area (TPSA) is 40.5 Å². The summed E-state index contributed by atoms with van der Waals surface area (Å²) in [6.07, 6.45) is 8.20. The Bertz CT molecular complexity index is 245. The van der Waals surface area contributed by atoms with E-state index in [2.05, 4.69) is 0 Å². The van der Waals surface area contributed by atoms with Crippen molar-refractivity contribution in [1.29, 1.82) is 0 Å². The molecule has 13 heavy (non-hydrogen) atoms. The van der Waals surface area contributed by atoms with Gasteiger partial charge in [-0.2, -0.15) is 0 Å². The molecule has 2 aliphatic rings. The molecule has 0 saturated heterocycles. The lowest BCUT2D eigenvalue weighted by Crippen LogP contribution is -2.21. The minimum Gasteiger partial charge on any atom is -0.386 e. The van der Waals surface area contributed by atoms with Crippen molar-refractivity contribution in [2.75, 3.05) is 0 Å². The predicted molar refractivity (Wildman–Crippen MR) is 51.3 cm³/mol. The summed E-state index contributed by atoms with van der Waals surface area (Å²) in [5, 5.41) is 19.0. The third kappa shape index (κ3) is 1.69. The lowest BCUT2D eigenvalue weighted by Gasteiger charge is -2.19. The Hall–Kier alpha value is -0.600. The Labute approximate surface area is 78.6 Å². The number of allylic oxidation sites excluding steroid dienone is 1. The molecule has 2 N–H and O–H groups in total. The molecule has 0 aliphatic heterocycles. The molecule has 0 aromatic carbocycles. The zero-order valence-electron chi connectivity index (χ0n) is 7.74. The highest BCUT2D eigenvalue weighted by Crippen LogP contribution is 2.31. The molecule has 2 aliphatic carbocycles. The molecule has 72 valence electrons. The van der Waals surface area contributed by atoms with E-state index in [9.17, 15) is 10.2 Å². The van der Waals surface area contributed by atoms with Gasteiger partial charge >= 0.3 is 0 Å². The predicted octanol–water partition coefficient (Wildman–Crippen LogP) is 1.54. The minimum absolute atomic E-state index is 0.659. The highest BCUT2D eigenvalue weighted by molar-refractivity contribution is 5.37. The van der Waals surface area contributed by atoms with Crippen LogP contribution in [0.4, 0.5) is 0 Å². The maximum absolute atomic E-state index is 9.64. The van der Waals surface area contributed by atoms with Gasteiger partial charge in [0.15, 0.2) is 0 Å². The van der Waals surface area contributed by atoms with Crippen molar-refractivity contribution in [3.63, 3.8) is 0 Å². The fourth-order valence-electron chi connectivity index (χ4n) is 2.18. The van der Waals surface area contributed by atoms with E-state index in [1.807, 2.05) is 6.08 Å². The van der Waals surface area contributed by atoms with Crippen molar-refractivity contribution < 1.29 is 10.2 Å². The molecular formula is C11H16O2. The summed E-state index contributed by atoms with van der Waals surface area (Å²) < 4.78 is 0. The standard InChI is InChI=1S/C11H16O2/c12-10-7-6-9(11(10)13)8-4-2-1-3-5-8/h6-7,10-13H,1-5H2. The van der Waals surface area contributed by atoms with E-state index in [0.29, 0.717) is 0 Å². The van der Waals surface area contributed by atoms with Crippen molar-refractivity contribution in [3.8, 4) is 0 Å². The van der Waals surface area contributed by atoms with Crippen molar-refractivity contribution >= 4 is 0 Å². The van der Waals surface area contributed by atoms with E-state index in [0.717, 1.165) is 18.4 Å². The molecule has 0 spiro atoms. The summed E-state index contributed by atoms with van der Waals surface area (Å²) in [7, 11) is 0. The normalized spacial score (nSPS) is 34.3. The van der Waals surface area contributed by atoms with Crippen LogP contribution in [0.25, 0.3) is 0 Å². The van der Waals surface area contributed by atoms with Crippen LogP contribution in [0, 0.1) is 0 Å². The van der Waals surface area contributed by atoms with Crippen LogP contribution in [-0.4, -0.2) is 22.4 Å². The first kappa shape index (κ1) is 8.97. The zero-order chi connectivity index (χ0) is 9.26. The van der Waals surface area contributed by atoms with Crippen LogP contribution in [0.15, 0.2) is 23.3 Å². The Balaban J connectivity index is 2.18. The fraction of sp³-hybridized carbons (Fsp3) is 0.636. The molecular weight excluding hydrogens is 164 g/mol. The van der Waals surface area contributed by atoms with Crippen molar-refractivity contribution in [3.05, 3.63) is 23.3 Å². The summed E-state index contributed by atoms with van der Waals surface area (Å²) in [5.41, 5.74) is 2.33. The summed E-state index contributed by atoms with van der Waals surface area (Å²) in [6.45, 7) is 0. The second kappa shape index (κ2) is 3.64. The van der Waals surface area contributed by atoms with E-state index in [1.165, 1.54) is 24.8 Å². The first-order chi connectivity index (χ1) is 6.29. The Morgan fingerprint density at radius 1 is 1.08 bits per heavy atom. The average Bonchev–Trinajstić information content (AvgIpc) is 2.49. The molecule has 0 bridgehead atoms. The molecule has 1 saturated carbocycles. The molecule has 0 aromatic heterocycles. The van der Waals surface area contributed by atoms with Crippen LogP contribution in [0.3, 0.4) is 0 Å². The molecule has 1 fully saturated rings. The van der Waals surface area contributed by atoms with Crippen LogP contribution < -0.4 is 0 Å². The van der Waals surface area contributed by atoms with Crippen LogP contribution in [-0.2, 0) is 0 Å². The second-order valence-electron chi connectivity index (χ2n) is 3.91. The highest BCUT2D eigenvalue weighted by Gasteiger charge is 2.25. The molecule has 2 atom stereocenters. The molecule has 2 heteroatoms. The quantitative estimate of drug-likeness (QED) is 0.593. The van der Waals surface area contributed by atoms with Gasteiger partial charge in [0, 0.05) is 0 Å². The van der Waals surface area contributed by atoms with E-state index >= 15 is 0 Å². The van der Waals surface area contributed by atoms with Gasteiger partial charge in [0.1, 0.15) is 12.2 Å². The van der Waals surface area contributed by atoms with Crippen LogP contribution in [0.1, 0.15) is 32.1 Å². The van der Waals surface area contributed by atoms with E-state index < -0.39 is 12.2 Å². The van der Waals surface area contributed by atoms with Crippen LogP contribution in [0.2, 0.25) is 0 Å². The Morgan fingerprint density at radius 3 is 2.31 bits per heavy atom. The molecule has 2 nitrogen and oxygen atoms in total. The lowest BCUT2D eigenvalue weighted by molar-refractivity contribution is 0.0817. The Kier molecular flexibility index (Phi) is 2.51. The zero-order valence-corrected chi connectivity index (χ0v) is 7.74. The van der Waals surface area contributed by atoms with Gasteiger partial charge in [0.2, 0.25) is 0 Å². The maximum Gasteiger partial charge on any atom is 0.108 e. The third-order valence-corrected chi connectivity index (χ3v) is 2.98. The fourth-order valence-corrected chi connectivity index (χ4v) is 2.18. The van der Waals surface area contributed by atoms with Crippen molar-refractivity contribution in [2.45, 2.75) is 44.3 Å². The second-order valence-corrected chi connectivity index (χ2v) is 3.91. The molecule has 0 heterocycles. The van der Waals surface area contributed by atoms with Crippen molar-refractivity contribution in [1.82, 2.24) is 0 Å². The number of aliphatic hydroxyl groups is 2. The van der Waals surface area contributed by atoms with Gasteiger partial charge in [-0.1, -0.05) is 24.1 Å². The number of hydrogen-bond acceptors (Lipinski definition) is 2. The van der Waals surface area contributed by atoms with Gasteiger partial charge in [-0.15, -0.1) is 0 Å². The summed E-state index contributed by atoms with van der Waals surface area (Å²) in [4.78, 5) is 0. The number of hydrogen-bond donors (Lipinski definition) is 2. The first-order valence-corrected chi connectivity index (χ1v) is 5.05. The lowest BCUT2D eigenvalue weighted by atomic mass is 9.90. The van der Waals surface area contributed by atoms with Crippen LogP contribution >= 0.6 is 0 Å². The molecule has 2 unspecified atom stereocenters. The SMILES string of the molecule is OC1C=CC(=C2CCCCC2)C1O. The smallest absolute Gasteiger partial charge is 0.108 e. The minimum atomic E-state index is -0.676. The maximum atomic E-state index is 9.64. The van der Waals surface area contributed by atoms with Gasteiger partial charge in [0.05, 0.1) is 0 Å². The van der Waals surface area contributed by atoms with Crippen molar-refractivity contribution in [2.24, 2.45) is 0 Å². The molecule has 0 amide bonds. The average molecular weight is 180 g/mol. The number of aliphatic hydroxyl groups excluding tert-OH is 2. The molecule has 2 rings (SSSR count). The van der Waals surface area contributed by atoms with E-state index in [1.54, 1.807) is 6.08 Å². The first-order valence-electron chi connectivity index (χ1n) is 5.05. The van der Waals surface area contributed by atoms with Crippen LogP contribution in [0.5, 0.6) is 0 Å². The van der Waals surface area contributed by atoms with Gasteiger partial charge < -0.3 is 10.2 Å². The third-order valence-electron chi connectivity index (χ3n) is 2.98. The number of rotatable bonds is 0. The van der Waals surface area contributed by atoms with E-state index in [-0.39, 0.29) is 0 Å². The van der Waals surface area contributed by atoms with Gasteiger partial charge in [-0.25, -0.2) is 0 Å². The van der Waals surface area contributed by atoms with Gasteiger partial charge in [-0.3, -0.25) is 0 Å². The highest BCUT2D eigenvalue weighted by atomic mass is 16.3. The van der Waals surface area contributed by atoms with Gasteiger partial charge in [-0.05, 0) is 31.3 Å². The molecule has 0 radical (unpaired) electrons. The molecule has 0 aromatic rings. The summed E-state index contributed by atoms with van der Waals surface area (Å²) in [6, 6.07) is 0. The monoisotopic (exact) mass is 180 g/mol. The van der Waals surface area contributed by atoms with Gasteiger partial charge in [0.25, 0.3) is 0 Å². The summed E-state index contributed by atoms with van der Waals surface area (Å²) in [5.74, 6) is 0. The Morgan fingerprint density at radius 2 is 1.77 bits per heavy atom. The largest absolute Gasteiger partial charge is 0.386 e. The van der Waals surface area contributed by atoms with E-state index in [4.69, 9.17) is 0 Å². The summed E-state index contributed by atoms with van der Waals surface area (Å²) >= 11 is 0.